The summed E-state index contributed by atoms with van der Waals surface area (Å²) in [6.45, 7) is 3.26. The fourth-order valence-corrected chi connectivity index (χ4v) is 1.79. The van der Waals surface area contributed by atoms with Gasteiger partial charge in [-0.25, -0.2) is 13.4 Å². The quantitative estimate of drug-likeness (QED) is 0.838. The molecule has 0 bridgehead atoms. The van der Waals surface area contributed by atoms with Crippen LogP contribution < -0.4 is 0 Å². The number of aromatic nitrogens is 1. The van der Waals surface area contributed by atoms with Gasteiger partial charge in [0, 0.05) is 0 Å². The van der Waals surface area contributed by atoms with Crippen molar-refractivity contribution < 1.29 is 12.8 Å². The third-order valence-corrected chi connectivity index (χ3v) is 4.02. The second-order valence-corrected chi connectivity index (χ2v) is 6.25. The summed E-state index contributed by atoms with van der Waals surface area (Å²) in [6, 6.07) is 0. The summed E-state index contributed by atoms with van der Waals surface area (Å²) in [5.41, 5.74) is 0. The number of sulfone groups is 1. The monoisotopic (exact) mass is 267 g/mol. The van der Waals surface area contributed by atoms with Crippen LogP contribution in [0.4, 0.5) is 0 Å². The lowest BCUT2D eigenvalue weighted by Gasteiger charge is -2.03. The predicted molar refractivity (Wildman–Crippen MR) is 52.0 cm³/mol. The number of nitrogens with zero attached hydrogens (tertiary/aromatic N) is 1. The minimum atomic E-state index is -3.12. The van der Waals surface area contributed by atoms with Crippen LogP contribution >= 0.6 is 15.9 Å². The van der Waals surface area contributed by atoms with Gasteiger partial charge in [-0.3, -0.25) is 0 Å². The molecule has 0 atom stereocenters. The summed E-state index contributed by atoms with van der Waals surface area (Å²) >= 11 is 3.05. The topological polar surface area (TPSA) is 60.2 Å². The molecule has 0 aliphatic heterocycles. The zero-order valence-electron chi connectivity index (χ0n) is 7.32. The Labute approximate surface area is 85.4 Å². The average Bonchev–Trinajstić information content (AvgIpc) is 2.34. The molecule has 0 aromatic carbocycles. The molecule has 6 heteroatoms. The van der Waals surface area contributed by atoms with Crippen molar-refractivity contribution in [1.82, 2.24) is 4.98 Å². The number of hydrogen-bond acceptors (Lipinski definition) is 4. The Hall–Kier alpha value is -0.360. The van der Waals surface area contributed by atoms with Gasteiger partial charge in [0.1, 0.15) is 5.75 Å². The molecule has 74 valence electrons. The molecule has 4 nitrogen and oxygen atoms in total. The maximum atomic E-state index is 11.4. The molecular formula is C7H10BrNO3S. The number of halogens is 1. The van der Waals surface area contributed by atoms with E-state index in [1.54, 1.807) is 13.8 Å². The second-order valence-electron chi connectivity index (χ2n) is 2.91. The smallest absolute Gasteiger partial charge is 0.210 e. The third-order valence-electron chi connectivity index (χ3n) is 1.57. The fraction of sp³-hybridized carbons (Fsp3) is 0.571. The van der Waals surface area contributed by atoms with E-state index in [0.717, 1.165) is 0 Å². The molecule has 0 fully saturated rings. The Balaban J connectivity index is 2.81. The lowest BCUT2D eigenvalue weighted by molar-refractivity contribution is 0.487. The van der Waals surface area contributed by atoms with Crippen molar-refractivity contribution >= 4 is 25.8 Å². The van der Waals surface area contributed by atoms with Crippen LogP contribution in [-0.4, -0.2) is 18.7 Å². The Morgan fingerprint density at radius 3 is 2.62 bits per heavy atom. The molecule has 0 aliphatic rings. The van der Waals surface area contributed by atoms with Gasteiger partial charge < -0.3 is 4.42 Å². The highest BCUT2D eigenvalue weighted by molar-refractivity contribution is 9.10. The molecule has 1 heterocycles. The SMILES string of the molecule is CC(C)S(=O)(=O)Cc1ncc(Br)o1. The summed E-state index contributed by atoms with van der Waals surface area (Å²) in [5.74, 6) is 0.0802. The van der Waals surface area contributed by atoms with Gasteiger partial charge in [-0.1, -0.05) is 0 Å². The van der Waals surface area contributed by atoms with Gasteiger partial charge in [0.15, 0.2) is 14.5 Å². The highest BCUT2D eigenvalue weighted by atomic mass is 79.9. The van der Waals surface area contributed by atoms with Crippen LogP contribution in [0.5, 0.6) is 0 Å². The van der Waals surface area contributed by atoms with Gasteiger partial charge >= 0.3 is 0 Å². The third kappa shape index (κ3) is 2.80. The fourth-order valence-electron chi connectivity index (χ4n) is 0.694. The van der Waals surface area contributed by atoms with Crippen LogP contribution in [0.25, 0.3) is 0 Å². The Kier molecular flexibility index (Phi) is 3.13. The minimum absolute atomic E-state index is 0.143. The first-order valence-electron chi connectivity index (χ1n) is 3.73. The second kappa shape index (κ2) is 3.79. The van der Waals surface area contributed by atoms with Crippen molar-refractivity contribution in [3.63, 3.8) is 0 Å². The van der Waals surface area contributed by atoms with E-state index in [2.05, 4.69) is 20.9 Å². The van der Waals surface area contributed by atoms with Crippen LogP contribution in [0.2, 0.25) is 0 Å². The van der Waals surface area contributed by atoms with E-state index in [-0.39, 0.29) is 11.6 Å². The molecule has 1 rings (SSSR count). The van der Waals surface area contributed by atoms with Gasteiger partial charge in [0.2, 0.25) is 5.89 Å². The van der Waals surface area contributed by atoms with Crippen molar-refractivity contribution in [1.29, 1.82) is 0 Å². The van der Waals surface area contributed by atoms with E-state index >= 15 is 0 Å². The van der Waals surface area contributed by atoms with Crippen LogP contribution in [0.15, 0.2) is 15.3 Å². The highest BCUT2D eigenvalue weighted by Crippen LogP contribution is 2.14. The summed E-state index contributed by atoms with van der Waals surface area (Å²) in [4.78, 5) is 3.79. The maximum absolute atomic E-state index is 11.4. The van der Waals surface area contributed by atoms with E-state index in [1.807, 2.05) is 0 Å². The van der Waals surface area contributed by atoms with Crippen molar-refractivity contribution in [2.75, 3.05) is 0 Å². The first kappa shape index (κ1) is 10.7. The van der Waals surface area contributed by atoms with Crippen LogP contribution in [0.1, 0.15) is 19.7 Å². The van der Waals surface area contributed by atoms with Gasteiger partial charge in [-0.05, 0) is 29.8 Å². The van der Waals surface area contributed by atoms with Crippen molar-refractivity contribution in [3.05, 3.63) is 16.8 Å². The summed E-state index contributed by atoms with van der Waals surface area (Å²) in [6.07, 6.45) is 1.44. The molecule has 0 saturated heterocycles. The highest BCUT2D eigenvalue weighted by Gasteiger charge is 2.19. The van der Waals surface area contributed by atoms with Crippen molar-refractivity contribution in [2.24, 2.45) is 0 Å². The minimum Gasteiger partial charge on any atom is -0.433 e. The van der Waals surface area contributed by atoms with E-state index in [4.69, 9.17) is 4.42 Å². The predicted octanol–water partition coefficient (Wildman–Crippen LogP) is 1.76. The Bertz CT molecular complexity index is 382. The zero-order valence-corrected chi connectivity index (χ0v) is 9.72. The Morgan fingerprint density at radius 2 is 2.23 bits per heavy atom. The van der Waals surface area contributed by atoms with Crippen LogP contribution in [-0.2, 0) is 15.6 Å². The molecule has 1 aromatic heterocycles. The number of rotatable bonds is 3. The first-order valence-corrected chi connectivity index (χ1v) is 6.24. The lowest BCUT2D eigenvalue weighted by Crippen LogP contribution is -2.16. The molecule has 0 aliphatic carbocycles. The maximum Gasteiger partial charge on any atom is 0.210 e. The molecule has 1 aromatic rings. The molecule has 13 heavy (non-hydrogen) atoms. The van der Waals surface area contributed by atoms with E-state index < -0.39 is 15.1 Å². The van der Waals surface area contributed by atoms with Crippen molar-refractivity contribution in [3.8, 4) is 0 Å². The molecule has 0 unspecified atom stereocenters. The summed E-state index contributed by atoms with van der Waals surface area (Å²) in [7, 11) is -3.12. The van der Waals surface area contributed by atoms with E-state index in [1.165, 1.54) is 6.20 Å². The largest absolute Gasteiger partial charge is 0.433 e. The molecular weight excluding hydrogens is 258 g/mol. The average molecular weight is 268 g/mol. The molecule has 0 radical (unpaired) electrons. The van der Waals surface area contributed by atoms with Gasteiger partial charge in [0.25, 0.3) is 0 Å². The van der Waals surface area contributed by atoms with E-state index in [9.17, 15) is 8.42 Å². The molecule has 0 saturated carbocycles. The van der Waals surface area contributed by atoms with E-state index in [0.29, 0.717) is 4.67 Å². The molecule has 0 amide bonds. The standard InChI is InChI=1S/C7H10BrNO3S/c1-5(2)13(10,11)4-7-9-3-6(8)12-7/h3,5H,4H2,1-2H3. The van der Waals surface area contributed by atoms with Crippen LogP contribution in [0, 0.1) is 0 Å². The van der Waals surface area contributed by atoms with Gasteiger partial charge in [-0.15, -0.1) is 0 Å². The molecule has 0 N–H and O–H groups in total. The van der Waals surface area contributed by atoms with Crippen molar-refractivity contribution in [2.45, 2.75) is 24.9 Å². The summed E-state index contributed by atoms with van der Waals surface area (Å²) in [5, 5.41) is -0.404. The zero-order chi connectivity index (χ0) is 10.1. The van der Waals surface area contributed by atoms with Gasteiger partial charge in [0.05, 0.1) is 11.4 Å². The number of oxazole rings is 1. The number of hydrogen-bond donors (Lipinski definition) is 0. The Morgan fingerprint density at radius 1 is 1.62 bits per heavy atom. The van der Waals surface area contributed by atoms with Gasteiger partial charge in [-0.2, -0.15) is 0 Å². The van der Waals surface area contributed by atoms with Crippen LogP contribution in [0.3, 0.4) is 0 Å². The lowest BCUT2D eigenvalue weighted by atomic mass is 10.6. The summed E-state index contributed by atoms with van der Waals surface area (Å²) < 4.78 is 28.2. The first-order chi connectivity index (χ1) is 5.92. The molecule has 0 spiro atoms. The normalized spacial score (nSPS) is 12.3.